The molecule has 0 bridgehead atoms. The van der Waals surface area contributed by atoms with E-state index in [2.05, 4.69) is 20.8 Å². The van der Waals surface area contributed by atoms with Gasteiger partial charge in [0.25, 0.3) is 0 Å². The van der Waals surface area contributed by atoms with Crippen molar-refractivity contribution < 1.29 is 9.84 Å². The first-order valence-corrected chi connectivity index (χ1v) is 6.00. The van der Waals surface area contributed by atoms with Gasteiger partial charge in [0.05, 0.1) is 11.7 Å². The molecule has 14 heavy (non-hydrogen) atoms. The summed E-state index contributed by atoms with van der Waals surface area (Å²) in [5.74, 6) is 0.445. The van der Waals surface area contributed by atoms with Gasteiger partial charge in [0, 0.05) is 13.0 Å². The molecule has 1 rings (SSSR count). The highest BCUT2D eigenvalue weighted by Gasteiger charge is 2.39. The van der Waals surface area contributed by atoms with Crippen molar-refractivity contribution in [2.24, 2.45) is 5.92 Å². The molecule has 0 aromatic carbocycles. The fraction of sp³-hybridized carbons (Fsp3) is 1.00. The van der Waals surface area contributed by atoms with Crippen molar-refractivity contribution in [3.63, 3.8) is 0 Å². The highest BCUT2D eigenvalue weighted by molar-refractivity contribution is 4.90. The van der Waals surface area contributed by atoms with Crippen LogP contribution in [0.2, 0.25) is 0 Å². The Morgan fingerprint density at radius 1 is 1.36 bits per heavy atom. The fourth-order valence-electron chi connectivity index (χ4n) is 2.64. The zero-order chi connectivity index (χ0) is 10.6. The molecule has 1 aliphatic heterocycles. The van der Waals surface area contributed by atoms with E-state index in [0.717, 1.165) is 38.7 Å². The molecule has 1 N–H and O–H groups in total. The molecule has 84 valence electrons. The van der Waals surface area contributed by atoms with Gasteiger partial charge >= 0.3 is 0 Å². The minimum Gasteiger partial charge on any atom is -0.389 e. The first kappa shape index (κ1) is 12.0. The molecule has 0 radical (unpaired) electrons. The molecule has 1 fully saturated rings. The lowest BCUT2D eigenvalue weighted by Crippen LogP contribution is -2.46. The van der Waals surface area contributed by atoms with E-state index < -0.39 is 5.60 Å². The third-order valence-electron chi connectivity index (χ3n) is 3.67. The monoisotopic (exact) mass is 200 g/mol. The van der Waals surface area contributed by atoms with E-state index in [9.17, 15) is 5.11 Å². The van der Waals surface area contributed by atoms with Gasteiger partial charge in [0.2, 0.25) is 0 Å². The normalized spacial score (nSPS) is 33.6. The van der Waals surface area contributed by atoms with Gasteiger partial charge in [0.15, 0.2) is 0 Å². The molecule has 1 heterocycles. The zero-order valence-corrected chi connectivity index (χ0v) is 9.75. The van der Waals surface area contributed by atoms with Gasteiger partial charge < -0.3 is 9.84 Å². The molecular formula is C12H24O2. The van der Waals surface area contributed by atoms with E-state index in [4.69, 9.17) is 4.74 Å². The summed E-state index contributed by atoms with van der Waals surface area (Å²) >= 11 is 0. The quantitative estimate of drug-likeness (QED) is 0.756. The van der Waals surface area contributed by atoms with Gasteiger partial charge in [-0.05, 0) is 18.8 Å². The summed E-state index contributed by atoms with van der Waals surface area (Å²) in [7, 11) is 0. The van der Waals surface area contributed by atoms with Crippen molar-refractivity contribution in [2.75, 3.05) is 6.61 Å². The van der Waals surface area contributed by atoms with Crippen LogP contribution in [-0.4, -0.2) is 23.4 Å². The Morgan fingerprint density at radius 2 is 2.00 bits per heavy atom. The van der Waals surface area contributed by atoms with Crippen LogP contribution in [-0.2, 0) is 4.74 Å². The van der Waals surface area contributed by atoms with Crippen molar-refractivity contribution in [3.05, 3.63) is 0 Å². The van der Waals surface area contributed by atoms with Crippen LogP contribution in [0, 0.1) is 5.92 Å². The van der Waals surface area contributed by atoms with Crippen molar-refractivity contribution >= 4 is 0 Å². The molecule has 0 amide bonds. The number of ether oxygens (including phenoxy) is 1. The Bertz CT molecular complexity index is 166. The molecule has 2 atom stereocenters. The summed E-state index contributed by atoms with van der Waals surface area (Å²) in [6.07, 6.45) is 5.08. The van der Waals surface area contributed by atoms with Crippen molar-refractivity contribution in [1.29, 1.82) is 0 Å². The number of aliphatic hydroxyl groups is 1. The summed E-state index contributed by atoms with van der Waals surface area (Å²) in [5.41, 5.74) is -0.456. The number of hydrogen-bond acceptors (Lipinski definition) is 2. The van der Waals surface area contributed by atoms with Crippen LogP contribution in [0.5, 0.6) is 0 Å². The Labute approximate surface area is 87.7 Å². The largest absolute Gasteiger partial charge is 0.389 e. The number of hydrogen-bond donors (Lipinski definition) is 1. The summed E-state index contributed by atoms with van der Waals surface area (Å²) in [6.45, 7) is 7.19. The van der Waals surface area contributed by atoms with Crippen LogP contribution in [0.25, 0.3) is 0 Å². The summed E-state index contributed by atoms with van der Waals surface area (Å²) in [6, 6.07) is 0. The highest BCUT2D eigenvalue weighted by Crippen LogP contribution is 2.36. The van der Waals surface area contributed by atoms with E-state index >= 15 is 0 Å². The topological polar surface area (TPSA) is 29.5 Å². The molecule has 0 aromatic rings. The predicted molar refractivity (Wildman–Crippen MR) is 58.3 cm³/mol. The van der Waals surface area contributed by atoms with Gasteiger partial charge in [-0.1, -0.05) is 33.6 Å². The average molecular weight is 200 g/mol. The van der Waals surface area contributed by atoms with E-state index in [1.54, 1.807) is 0 Å². The molecule has 2 nitrogen and oxygen atoms in total. The van der Waals surface area contributed by atoms with E-state index in [1.165, 1.54) is 0 Å². The zero-order valence-electron chi connectivity index (χ0n) is 9.75. The maximum atomic E-state index is 10.6. The molecule has 2 heteroatoms. The molecule has 0 aliphatic carbocycles. The van der Waals surface area contributed by atoms with Gasteiger partial charge in [-0.3, -0.25) is 0 Å². The highest BCUT2D eigenvalue weighted by atomic mass is 16.5. The lowest BCUT2D eigenvalue weighted by Gasteiger charge is -2.41. The summed E-state index contributed by atoms with van der Waals surface area (Å²) < 4.78 is 5.60. The van der Waals surface area contributed by atoms with Crippen LogP contribution in [0.3, 0.4) is 0 Å². The Morgan fingerprint density at radius 3 is 2.50 bits per heavy atom. The maximum absolute atomic E-state index is 10.6. The lowest BCUT2D eigenvalue weighted by molar-refractivity contribution is -0.133. The van der Waals surface area contributed by atoms with Crippen molar-refractivity contribution in [2.45, 2.75) is 64.6 Å². The van der Waals surface area contributed by atoms with Crippen LogP contribution in [0.4, 0.5) is 0 Å². The first-order chi connectivity index (χ1) is 6.66. The second-order valence-electron chi connectivity index (χ2n) is 4.47. The molecular weight excluding hydrogens is 176 g/mol. The fourth-order valence-corrected chi connectivity index (χ4v) is 2.64. The Balaban J connectivity index is 2.61. The average Bonchev–Trinajstić information content (AvgIpc) is 2.19. The summed E-state index contributed by atoms with van der Waals surface area (Å²) in [4.78, 5) is 0. The Hall–Kier alpha value is -0.0800. The van der Waals surface area contributed by atoms with Gasteiger partial charge in [-0.2, -0.15) is 0 Å². The van der Waals surface area contributed by atoms with Crippen molar-refractivity contribution in [1.82, 2.24) is 0 Å². The molecule has 0 saturated carbocycles. The lowest BCUT2D eigenvalue weighted by atomic mass is 9.76. The van der Waals surface area contributed by atoms with Gasteiger partial charge in [-0.15, -0.1) is 0 Å². The smallest absolute Gasteiger partial charge is 0.0722 e. The molecule has 0 aromatic heterocycles. The van der Waals surface area contributed by atoms with E-state index in [-0.39, 0.29) is 6.10 Å². The van der Waals surface area contributed by atoms with Crippen molar-refractivity contribution in [3.8, 4) is 0 Å². The molecule has 1 aliphatic rings. The summed E-state index contributed by atoms with van der Waals surface area (Å²) in [5, 5.41) is 10.6. The maximum Gasteiger partial charge on any atom is 0.0722 e. The second-order valence-corrected chi connectivity index (χ2v) is 4.47. The molecule has 0 spiro atoms. The van der Waals surface area contributed by atoms with Gasteiger partial charge in [0.1, 0.15) is 0 Å². The van der Waals surface area contributed by atoms with Crippen LogP contribution < -0.4 is 0 Å². The second kappa shape index (κ2) is 5.13. The predicted octanol–water partition coefficient (Wildman–Crippen LogP) is 2.74. The Kier molecular flexibility index (Phi) is 4.39. The minimum atomic E-state index is -0.456. The molecule has 1 saturated heterocycles. The molecule has 2 unspecified atom stereocenters. The van der Waals surface area contributed by atoms with E-state index in [1.807, 2.05) is 0 Å². The third kappa shape index (κ3) is 2.48. The first-order valence-electron chi connectivity index (χ1n) is 6.00. The van der Waals surface area contributed by atoms with Crippen LogP contribution >= 0.6 is 0 Å². The van der Waals surface area contributed by atoms with Crippen LogP contribution in [0.1, 0.15) is 52.9 Å². The minimum absolute atomic E-state index is 0.273. The third-order valence-corrected chi connectivity index (χ3v) is 3.67. The SMILES string of the molecule is CCC1CC(O)(C(CC)CC)CCO1. The number of rotatable bonds is 4. The standard InChI is InChI=1S/C12H24O2/c1-4-10(5-2)12(13)7-8-14-11(6-3)9-12/h10-11,13H,4-9H2,1-3H3. The van der Waals surface area contributed by atoms with E-state index in [0.29, 0.717) is 5.92 Å². The van der Waals surface area contributed by atoms with Gasteiger partial charge in [-0.25, -0.2) is 0 Å². The van der Waals surface area contributed by atoms with Crippen LogP contribution in [0.15, 0.2) is 0 Å².